The molecule has 0 aliphatic rings. The van der Waals surface area contributed by atoms with Gasteiger partial charge in [-0.15, -0.1) is 0 Å². The molecule has 0 saturated heterocycles. The number of nitrogens with zero attached hydrogens (tertiary/aromatic N) is 1. The summed E-state index contributed by atoms with van der Waals surface area (Å²) in [5.41, 5.74) is 0. The predicted octanol–water partition coefficient (Wildman–Crippen LogP) is 1.53. The normalized spacial score (nSPS) is 11.1. The van der Waals surface area contributed by atoms with Crippen molar-refractivity contribution in [2.45, 2.75) is 13.8 Å². The number of hydrogen-bond acceptors (Lipinski definition) is 2. The van der Waals surface area contributed by atoms with Crippen LogP contribution in [0.1, 0.15) is 13.8 Å². The topological polar surface area (TPSA) is 27.1 Å². The van der Waals surface area contributed by atoms with Gasteiger partial charge in [-0.25, -0.2) is 0 Å². The highest BCUT2D eigenvalue weighted by Gasteiger charge is 1.91. The van der Waals surface area contributed by atoms with Gasteiger partial charge in [0, 0.05) is 12.8 Å². The zero-order chi connectivity index (χ0) is 7.82. The third-order valence-corrected chi connectivity index (χ3v) is 1.49. The van der Waals surface area contributed by atoms with E-state index in [1.165, 1.54) is 6.21 Å². The van der Waals surface area contributed by atoms with E-state index in [1.807, 2.05) is 6.08 Å². The first kappa shape index (κ1) is 9.37. The van der Waals surface area contributed by atoms with Gasteiger partial charge < -0.3 is 10.3 Å². The summed E-state index contributed by atoms with van der Waals surface area (Å²) in [6.45, 7) is 7.41. The Morgan fingerprint density at radius 1 is 1.30 bits per heavy atom. The van der Waals surface area contributed by atoms with Crippen molar-refractivity contribution >= 4 is 6.21 Å². The molecule has 0 fully saturated rings. The Hall–Kier alpha value is -0.630. The smallest absolute Gasteiger partial charge is 0.0175 e. The second-order valence-corrected chi connectivity index (χ2v) is 2.08. The summed E-state index contributed by atoms with van der Waals surface area (Å²) in [5.74, 6) is 0. The molecule has 1 N–H and O–H groups in total. The van der Waals surface area contributed by atoms with Crippen LogP contribution in [0.15, 0.2) is 12.2 Å². The molecule has 0 aromatic rings. The zero-order valence-electron chi connectivity index (χ0n) is 6.80. The highest BCUT2D eigenvalue weighted by atomic mass is 15.1. The highest BCUT2D eigenvalue weighted by Crippen LogP contribution is 1.85. The largest absolute Gasteiger partial charge is 0.309 e. The number of allylic oxidation sites excluding steroid dienone is 1. The molecule has 10 heavy (non-hydrogen) atoms. The van der Waals surface area contributed by atoms with Gasteiger partial charge in [0.05, 0.1) is 0 Å². The van der Waals surface area contributed by atoms with E-state index in [0.717, 1.165) is 19.6 Å². The first-order chi connectivity index (χ1) is 4.85. The van der Waals surface area contributed by atoms with E-state index in [-0.39, 0.29) is 0 Å². The van der Waals surface area contributed by atoms with Crippen molar-refractivity contribution in [3.05, 3.63) is 12.2 Å². The number of rotatable bonds is 5. The standard InChI is InChI=1S/C8H16N2/c1-3-10(4-2)8-6-5-7-9/h5-7,9H,3-4,8H2,1-2H3/b6-5+,9-7?. The lowest BCUT2D eigenvalue weighted by molar-refractivity contribution is 0.337. The first-order valence-corrected chi connectivity index (χ1v) is 3.73. The van der Waals surface area contributed by atoms with E-state index in [1.54, 1.807) is 6.08 Å². The molecule has 58 valence electrons. The minimum atomic E-state index is 0.961. The van der Waals surface area contributed by atoms with Crippen LogP contribution >= 0.6 is 0 Å². The van der Waals surface area contributed by atoms with Crippen LogP contribution in [0.4, 0.5) is 0 Å². The van der Waals surface area contributed by atoms with E-state index >= 15 is 0 Å². The molecule has 2 heteroatoms. The molecule has 0 heterocycles. The molecule has 0 saturated carbocycles. The lowest BCUT2D eigenvalue weighted by Crippen LogP contribution is -2.22. The van der Waals surface area contributed by atoms with Crippen LogP contribution in [0, 0.1) is 5.41 Å². The molecule has 0 spiro atoms. The van der Waals surface area contributed by atoms with Crippen molar-refractivity contribution < 1.29 is 0 Å². The van der Waals surface area contributed by atoms with Gasteiger partial charge in [0.25, 0.3) is 0 Å². The average Bonchev–Trinajstić information content (AvgIpc) is 1.99. The SMILES string of the molecule is CCN(CC)C/C=C/C=N. The highest BCUT2D eigenvalue weighted by molar-refractivity contribution is 5.67. The molecule has 0 aliphatic heterocycles. The quantitative estimate of drug-likeness (QED) is 0.576. The van der Waals surface area contributed by atoms with Gasteiger partial charge in [0.1, 0.15) is 0 Å². The monoisotopic (exact) mass is 140 g/mol. The molecule has 0 aromatic heterocycles. The van der Waals surface area contributed by atoms with Crippen molar-refractivity contribution in [2.75, 3.05) is 19.6 Å². The van der Waals surface area contributed by atoms with E-state index < -0.39 is 0 Å². The van der Waals surface area contributed by atoms with Crippen LogP contribution in [-0.4, -0.2) is 30.7 Å². The van der Waals surface area contributed by atoms with Crippen LogP contribution in [-0.2, 0) is 0 Å². The van der Waals surface area contributed by atoms with Gasteiger partial charge in [-0.2, -0.15) is 0 Å². The maximum atomic E-state index is 6.73. The second-order valence-electron chi connectivity index (χ2n) is 2.08. The summed E-state index contributed by atoms with van der Waals surface area (Å²) < 4.78 is 0. The van der Waals surface area contributed by atoms with E-state index in [4.69, 9.17) is 5.41 Å². The van der Waals surface area contributed by atoms with E-state index in [2.05, 4.69) is 18.7 Å². The van der Waals surface area contributed by atoms with Crippen molar-refractivity contribution in [2.24, 2.45) is 0 Å². The Morgan fingerprint density at radius 2 is 1.90 bits per heavy atom. The Bertz CT molecular complexity index is 104. The summed E-state index contributed by atoms with van der Waals surface area (Å²) in [4.78, 5) is 2.29. The zero-order valence-corrected chi connectivity index (χ0v) is 6.80. The molecule has 0 unspecified atom stereocenters. The number of hydrogen-bond donors (Lipinski definition) is 1. The Morgan fingerprint density at radius 3 is 2.30 bits per heavy atom. The summed E-state index contributed by atoms with van der Waals surface area (Å²) in [7, 11) is 0. The average molecular weight is 140 g/mol. The molecule has 0 amide bonds. The maximum absolute atomic E-state index is 6.73. The minimum absolute atomic E-state index is 0.961. The molecule has 0 aliphatic carbocycles. The van der Waals surface area contributed by atoms with Gasteiger partial charge in [-0.3, -0.25) is 0 Å². The fourth-order valence-corrected chi connectivity index (χ4v) is 0.760. The van der Waals surface area contributed by atoms with Gasteiger partial charge in [-0.1, -0.05) is 19.9 Å². The molecule has 0 rings (SSSR count). The summed E-state index contributed by atoms with van der Waals surface area (Å²) in [6, 6.07) is 0. The number of likely N-dealkylation sites (N-methyl/N-ethyl adjacent to an activating group) is 1. The third-order valence-electron chi connectivity index (χ3n) is 1.49. The Labute approximate surface area is 63.0 Å². The van der Waals surface area contributed by atoms with Crippen molar-refractivity contribution in [3.63, 3.8) is 0 Å². The lowest BCUT2D eigenvalue weighted by atomic mass is 10.4. The van der Waals surface area contributed by atoms with Gasteiger partial charge in [0.2, 0.25) is 0 Å². The number of nitrogens with one attached hydrogen (secondary N) is 1. The van der Waals surface area contributed by atoms with Crippen LogP contribution in [0.25, 0.3) is 0 Å². The molecule has 2 nitrogen and oxygen atoms in total. The lowest BCUT2D eigenvalue weighted by Gasteiger charge is -2.14. The molecule has 0 atom stereocenters. The summed E-state index contributed by atoms with van der Waals surface area (Å²) in [5, 5.41) is 6.73. The fraction of sp³-hybridized carbons (Fsp3) is 0.625. The van der Waals surface area contributed by atoms with Gasteiger partial charge in [-0.05, 0) is 19.2 Å². The molecule has 0 bridgehead atoms. The molecule has 0 aromatic carbocycles. The first-order valence-electron chi connectivity index (χ1n) is 3.73. The van der Waals surface area contributed by atoms with Crippen LogP contribution in [0.2, 0.25) is 0 Å². The fourth-order valence-electron chi connectivity index (χ4n) is 0.760. The summed E-state index contributed by atoms with van der Waals surface area (Å²) in [6.07, 6.45) is 5.07. The van der Waals surface area contributed by atoms with E-state index in [9.17, 15) is 0 Å². The third kappa shape index (κ3) is 4.27. The van der Waals surface area contributed by atoms with Crippen LogP contribution < -0.4 is 0 Å². The van der Waals surface area contributed by atoms with Crippen molar-refractivity contribution in [1.29, 1.82) is 5.41 Å². The minimum Gasteiger partial charge on any atom is -0.309 e. The molecule has 0 radical (unpaired) electrons. The Balaban J connectivity index is 3.43. The summed E-state index contributed by atoms with van der Waals surface area (Å²) >= 11 is 0. The van der Waals surface area contributed by atoms with E-state index in [0.29, 0.717) is 0 Å². The van der Waals surface area contributed by atoms with Crippen LogP contribution in [0.5, 0.6) is 0 Å². The molecular formula is C8H16N2. The van der Waals surface area contributed by atoms with Gasteiger partial charge in [0.15, 0.2) is 0 Å². The van der Waals surface area contributed by atoms with Crippen molar-refractivity contribution in [3.8, 4) is 0 Å². The molecular weight excluding hydrogens is 124 g/mol. The van der Waals surface area contributed by atoms with Gasteiger partial charge >= 0.3 is 0 Å². The van der Waals surface area contributed by atoms with Crippen LogP contribution in [0.3, 0.4) is 0 Å². The maximum Gasteiger partial charge on any atom is 0.0175 e. The van der Waals surface area contributed by atoms with Crippen molar-refractivity contribution in [1.82, 2.24) is 4.90 Å². The predicted molar refractivity (Wildman–Crippen MR) is 45.7 cm³/mol. The second kappa shape index (κ2) is 6.49. The Kier molecular flexibility index (Phi) is 6.08.